The molecule has 6 heteroatoms. The highest BCUT2D eigenvalue weighted by atomic mass is 35.5. The van der Waals surface area contributed by atoms with Crippen molar-refractivity contribution in [3.8, 4) is 5.75 Å². The van der Waals surface area contributed by atoms with E-state index in [2.05, 4.69) is 85.2 Å². The van der Waals surface area contributed by atoms with Crippen LogP contribution in [0.4, 0.5) is 0 Å². The highest BCUT2D eigenvalue weighted by Gasteiger charge is 2.29. The van der Waals surface area contributed by atoms with Crippen LogP contribution in [0.5, 0.6) is 5.75 Å². The number of ketones is 2. The van der Waals surface area contributed by atoms with Crippen molar-refractivity contribution in [3.63, 3.8) is 0 Å². The summed E-state index contributed by atoms with van der Waals surface area (Å²) in [7, 11) is 0. The Hall–Kier alpha value is -4.22. The Balaban J connectivity index is 1.54. The zero-order valence-corrected chi connectivity index (χ0v) is 29.6. The maximum atomic E-state index is 12.8. The quantitative estimate of drug-likeness (QED) is 0.0726. The fourth-order valence-electron chi connectivity index (χ4n) is 4.49. The summed E-state index contributed by atoms with van der Waals surface area (Å²) < 4.78 is 5.92. The highest BCUT2D eigenvalue weighted by Crippen LogP contribution is 2.21. The molecule has 0 unspecified atom stereocenters. The Bertz CT molecular complexity index is 1430. The van der Waals surface area contributed by atoms with Crippen LogP contribution in [-0.4, -0.2) is 29.6 Å². The fraction of sp³-hybridized carbons (Fsp3) is 0.357. The van der Waals surface area contributed by atoms with Gasteiger partial charge in [-0.2, -0.15) is 0 Å². The van der Waals surface area contributed by atoms with Gasteiger partial charge in [0, 0.05) is 35.5 Å². The molecule has 0 aliphatic rings. The first-order valence-corrected chi connectivity index (χ1v) is 17.4. The van der Waals surface area contributed by atoms with Crippen LogP contribution in [0, 0.1) is 0 Å². The molecule has 0 atom stereocenters. The second kappa shape index (κ2) is 24.0. The molecule has 0 fully saturated rings. The number of benzene rings is 2. The number of rotatable bonds is 23. The van der Waals surface area contributed by atoms with E-state index >= 15 is 0 Å². The van der Waals surface area contributed by atoms with Gasteiger partial charge < -0.3 is 10.1 Å². The maximum absolute atomic E-state index is 12.8. The molecular weight excluding hydrogens is 618 g/mol. The molecular formula is C42H52ClNO4. The number of hydrogen-bond donors (Lipinski definition) is 1. The summed E-state index contributed by atoms with van der Waals surface area (Å²) in [6.07, 6.45) is 34.0. The van der Waals surface area contributed by atoms with Gasteiger partial charge >= 0.3 is 0 Å². The van der Waals surface area contributed by atoms with Crippen LogP contribution < -0.4 is 10.1 Å². The summed E-state index contributed by atoms with van der Waals surface area (Å²) in [5.41, 5.74) is -0.0702. The molecule has 2 aromatic carbocycles. The van der Waals surface area contributed by atoms with Crippen LogP contribution in [0.3, 0.4) is 0 Å². The van der Waals surface area contributed by atoms with Gasteiger partial charge in [-0.1, -0.05) is 91.4 Å². The maximum Gasteiger partial charge on any atom is 0.263 e. The topological polar surface area (TPSA) is 72.5 Å². The van der Waals surface area contributed by atoms with E-state index in [-0.39, 0.29) is 17.5 Å². The molecule has 0 heterocycles. The number of allylic oxidation sites excluding steroid dienone is 12. The number of Topliss-reactive ketones (excluding diaryl/α,β-unsaturated/α-hetero) is 1. The minimum Gasteiger partial charge on any atom is -0.478 e. The number of hydrogen-bond acceptors (Lipinski definition) is 4. The SMILES string of the molecule is CC/C=C\C/C=C\C/C=C\C/C=C\C/C=C\C/C=C\CCC(=O)CCCNC(=O)C(C)(C)Oc1ccc(C(=O)c2ccc(Cl)cc2)cc1. The van der Waals surface area contributed by atoms with Crippen molar-refractivity contribution in [2.45, 2.75) is 90.6 Å². The molecule has 2 aromatic rings. The van der Waals surface area contributed by atoms with E-state index in [1.807, 2.05) is 0 Å². The third kappa shape index (κ3) is 17.6. The molecule has 0 saturated carbocycles. The van der Waals surface area contributed by atoms with Gasteiger partial charge in [0.15, 0.2) is 11.4 Å². The van der Waals surface area contributed by atoms with Crippen molar-refractivity contribution in [2.75, 3.05) is 6.54 Å². The van der Waals surface area contributed by atoms with Crippen LogP contribution in [-0.2, 0) is 9.59 Å². The largest absolute Gasteiger partial charge is 0.478 e. The lowest BCUT2D eigenvalue weighted by molar-refractivity contribution is -0.134. The molecule has 256 valence electrons. The molecule has 5 nitrogen and oxygen atoms in total. The van der Waals surface area contributed by atoms with Crippen LogP contribution in [0.1, 0.15) is 101 Å². The number of ether oxygens (including phenoxy) is 1. The molecule has 0 aliphatic carbocycles. The van der Waals surface area contributed by atoms with Crippen molar-refractivity contribution in [2.24, 2.45) is 0 Å². The van der Waals surface area contributed by atoms with Crippen LogP contribution in [0.25, 0.3) is 0 Å². The lowest BCUT2D eigenvalue weighted by atomic mass is 10.0. The standard InChI is InChI=1S/C42H52ClNO4/c1-4-5-6-7-8-9-10-11-12-13-14-15-16-17-18-19-20-21-22-24-38(45)25-23-34-44-41(47)42(2,3)48-39-32-28-36(29-33-39)40(46)35-26-30-37(43)31-27-35/h5-6,8-9,11-12,14-15,17-18,20-21,26-33H,4,7,10,13,16,19,22-25,34H2,1-3H3,(H,44,47)/b6-5-,9-8-,12-11-,15-14-,18-17-,21-20-. The second-order valence-electron chi connectivity index (χ2n) is 11.8. The Kier molecular flexibility index (Phi) is 20.0. The molecule has 1 amide bonds. The normalized spacial score (nSPS) is 12.4. The van der Waals surface area contributed by atoms with Crippen LogP contribution >= 0.6 is 11.6 Å². The van der Waals surface area contributed by atoms with Gasteiger partial charge in [-0.25, -0.2) is 0 Å². The molecule has 48 heavy (non-hydrogen) atoms. The van der Waals surface area contributed by atoms with Crippen molar-refractivity contribution < 1.29 is 19.1 Å². The molecule has 0 saturated heterocycles. The van der Waals surface area contributed by atoms with E-state index < -0.39 is 5.60 Å². The first-order chi connectivity index (χ1) is 23.2. The summed E-state index contributed by atoms with van der Waals surface area (Å²) >= 11 is 5.91. The Morgan fingerprint density at radius 2 is 1.12 bits per heavy atom. The van der Waals surface area contributed by atoms with Crippen molar-refractivity contribution >= 4 is 29.1 Å². The van der Waals surface area contributed by atoms with Gasteiger partial charge in [0.25, 0.3) is 5.91 Å². The molecule has 0 bridgehead atoms. The van der Waals surface area contributed by atoms with E-state index in [0.29, 0.717) is 47.7 Å². The van der Waals surface area contributed by atoms with Crippen LogP contribution in [0.15, 0.2) is 121 Å². The van der Waals surface area contributed by atoms with Crippen LogP contribution in [0.2, 0.25) is 5.02 Å². The number of carbonyl (C=O) groups excluding carboxylic acids is 3. The average molecular weight is 670 g/mol. The molecule has 0 radical (unpaired) electrons. The van der Waals surface area contributed by atoms with Crippen molar-refractivity contribution in [3.05, 3.63) is 138 Å². The third-order valence-electron chi connectivity index (χ3n) is 7.25. The van der Waals surface area contributed by atoms with Crippen molar-refractivity contribution in [1.82, 2.24) is 5.32 Å². The van der Waals surface area contributed by atoms with E-state index in [1.165, 1.54) is 0 Å². The zero-order valence-electron chi connectivity index (χ0n) is 28.8. The third-order valence-corrected chi connectivity index (χ3v) is 7.50. The predicted molar refractivity (Wildman–Crippen MR) is 201 cm³/mol. The average Bonchev–Trinajstić information content (AvgIpc) is 3.07. The molecule has 0 aliphatic heterocycles. The van der Waals surface area contributed by atoms with E-state index in [1.54, 1.807) is 62.4 Å². The Labute approximate surface area is 293 Å². The minimum atomic E-state index is -1.12. The lowest BCUT2D eigenvalue weighted by Gasteiger charge is -2.25. The predicted octanol–water partition coefficient (Wildman–Crippen LogP) is 10.7. The first-order valence-electron chi connectivity index (χ1n) is 17.0. The zero-order chi connectivity index (χ0) is 34.9. The summed E-state index contributed by atoms with van der Waals surface area (Å²) in [5, 5.41) is 3.44. The van der Waals surface area contributed by atoms with Gasteiger partial charge in [0.05, 0.1) is 0 Å². The van der Waals surface area contributed by atoms with E-state index in [0.717, 1.165) is 44.9 Å². The second-order valence-corrected chi connectivity index (χ2v) is 12.3. The summed E-state index contributed by atoms with van der Waals surface area (Å²) in [6, 6.07) is 13.4. The van der Waals surface area contributed by atoms with Gasteiger partial charge in [-0.3, -0.25) is 14.4 Å². The highest BCUT2D eigenvalue weighted by molar-refractivity contribution is 6.30. The van der Waals surface area contributed by atoms with Gasteiger partial charge in [0.1, 0.15) is 11.5 Å². The first kappa shape index (κ1) is 40.0. The number of halogens is 1. The molecule has 0 aromatic heterocycles. The minimum absolute atomic E-state index is 0.123. The van der Waals surface area contributed by atoms with Gasteiger partial charge in [-0.05, 0) is 114 Å². The summed E-state index contributed by atoms with van der Waals surface area (Å²) in [6.45, 7) is 5.91. The monoisotopic (exact) mass is 669 g/mol. The Morgan fingerprint density at radius 3 is 1.62 bits per heavy atom. The van der Waals surface area contributed by atoms with E-state index in [4.69, 9.17) is 16.3 Å². The Morgan fingerprint density at radius 1 is 0.667 bits per heavy atom. The lowest BCUT2D eigenvalue weighted by Crippen LogP contribution is -2.46. The van der Waals surface area contributed by atoms with Crippen molar-refractivity contribution in [1.29, 1.82) is 0 Å². The summed E-state index contributed by atoms with van der Waals surface area (Å²) in [5.74, 6) is 0.274. The van der Waals surface area contributed by atoms with E-state index in [9.17, 15) is 14.4 Å². The molecule has 2 rings (SSSR count). The molecule has 0 spiro atoms. The van der Waals surface area contributed by atoms with Gasteiger partial charge in [-0.15, -0.1) is 0 Å². The molecule has 1 N–H and O–H groups in total. The number of carbonyl (C=O) groups is 3. The smallest absolute Gasteiger partial charge is 0.263 e. The number of nitrogens with one attached hydrogen (secondary N) is 1. The van der Waals surface area contributed by atoms with Gasteiger partial charge in [0.2, 0.25) is 0 Å². The number of amides is 1. The summed E-state index contributed by atoms with van der Waals surface area (Å²) in [4.78, 5) is 37.7. The fourth-order valence-corrected chi connectivity index (χ4v) is 4.62.